The zero-order chi connectivity index (χ0) is 52.4. The molecule has 1 aromatic rings. The van der Waals surface area contributed by atoms with Crippen LogP contribution in [0, 0.1) is 20.8 Å². The molecule has 1 aromatic carbocycles. The molecule has 68 heavy (non-hydrogen) atoms. The molecule has 0 saturated carbocycles. The van der Waals surface area contributed by atoms with Crippen LogP contribution < -0.4 is 47.5 Å². The summed E-state index contributed by atoms with van der Waals surface area (Å²) in [6.07, 6.45) is -0.914. The second-order valence-corrected chi connectivity index (χ2v) is 21.0. The first-order chi connectivity index (χ1) is 30.9. The number of fused-ring (bicyclic) bond motifs is 1. The van der Waals surface area contributed by atoms with Crippen molar-refractivity contribution in [3.05, 3.63) is 22.3 Å². The van der Waals surface area contributed by atoms with Gasteiger partial charge in [-0.25, -0.2) is 13.1 Å². The smallest absolute Gasteiger partial charge is 0.325 e. The lowest BCUT2D eigenvalue weighted by Crippen LogP contribution is -2.58. The maximum atomic E-state index is 13.8. The first-order valence-electron chi connectivity index (χ1n) is 22.0. The summed E-state index contributed by atoms with van der Waals surface area (Å²) in [6.45, 7) is 22.1. The predicted octanol–water partition coefficient (Wildman–Crippen LogP) is 0.0578. The van der Waals surface area contributed by atoms with Gasteiger partial charge in [0, 0.05) is 18.5 Å². The van der Waals surface area contributed by atoms with Gasteiger partial charge in [0.25, 0.3) is 10.0 Å². The minimum Gasteiger partial charge on any atom is -0.487 e. The fourth-order valence-corrected chi connectivity index (χ4v) is 8.31. The maximum absolute atomic E-state index is 13.8. The summed E-state index contributed by atoms with van der Waals surface area (Å²) in [4.78, 5) is 107. The van der Waals surface area contributed by atoms with E-state index < -0.39 is 129 Å². The van der Waals surface area contributed by atoms with E-state index in [9.17, 15) is 51.9 Å². The van der Waals surface area contributed by atoms with Gasteiger partial charge in [-0.15, -0.1) is 0 Å². The summed E-state index contributed by atoms with van der Waals surface area (Å²) in [5.74, 6) is -7.58. The Morgan fingerprint density at radius 1 is 0.721 bits per heavy atom. The van der Waals surface area contributed by atoms with E-state index in [1.165, 1.54) is 20.8 Å². The number of guanidine groups is 1. The van der Waals surface area contributed by atoms with Gasteiger partial charge in [0.2, 0.25) is 35.5 Å². The molecule has 1 heterocycles. The number of amides is 5. The highest BCUT2D eigenvalue weighted by Gasteiger charge is 2.37. The highest BCUT2D eigenvalue weighted by molar-refractivity contribution is 7.90. The SMILES string of the molecule is Cc1c(C)c(S(=O)(=O)NC(N)=NCCC[C@H](NC(=O)[C@H](C)NC(=O)[C@@H](N)CC(=O)OC(C)(C)C)C(=O)N[C@@H](C)C(=O)N[C@@H](CC(=O)OC(C)(C)C)C(=O)N[C@@H](C)C(=O)O)c(C)c2c1OC(C)(C)C2. The third-order valence-electron chi connectivity index (χ3n) is 10.2. The Balaban J connectivity index is 2.32. The molecule has 2 rings (SSSR count). The summed E-state index contributed by atoms with van der Waals surface area (Å²) in [6, 6.07) is -8.63. The van der Waals surface area contributed by atoms with E-state index >= 15 is 0 Å². The van der Waals surface area contributed by atoms with Crippen molar-refractivity contribution in [2.45, 2.75) is 187 Å². The molecule has 24 heteroatoms. The molecule has 11 N–H and O–H groups in total. The molecule has 23 nitrogen and oxygen atoms in total. The molecule has 1 aliphatic rings. The lowest BCUT2D eigenvalue weighted by Gasteiger charge is -2.26. The van der Waals surface area contributed by atoms with Gasteiger partial charge in [0.1, 0.15) is 52.8 Å². The summed E-state index contributed by atoms with van der Waals surface area (Å²) in [5, 5.41) is 21.1. The number of benzene rings is 1. The molecule has 5 amide bonds. The van der Waals surface area contributed by atoms with Gasteiger partial charge in [0.15, 0.2) is 0 Å². The molecule has 6 atom stereocenters. The Hall–Kier alpha value is -6.04. The third-order valence-corrected chi connectivity index (χ3v) is 11.8. The number of carbonyl (C=O) groups is 8. The molecule has 0 saturated heterocycles. The maximum Gasteiger partial charge on any atom is 0.325 e. The minimum absolute atomic E-state index is 0.00873. The molecule has 0 unspecified atom stereocenters. The van der Waals surface area contributed by atoms with Crippen molar-refractivity contribution in [3.8, 4) is 5.75 Å². The van der Waals surface area contributed by atoms with Crippen LogP contribution in [0.25, 0.3) is 0 Å². The molecule has 0 radical (unpaired) electrons. The number of aliphatic imine (C=N–C) groups is 1. The number of carboxylic acids is 1. The van der Waals surface area contributed by atoms with Crippen molar-refractivity contribution in [2.75, 3.05) is 6.54 Å². The van der Waals surface area contributed by atoms with Crippen molar-refractivity contribution in [1.82, 2.24) is 31.3 Å². The fraction of sp³-hybridized carbons (Fsp3) is 0.659. The number of carbonyl (C=O) groups excluding carboxylic acids is 7. The Labute approximate surface area is 397 Å². The number of hydrogen-bond donors (Lipinski definition) is 9. The molecule has 1 aliphatic heterocycles. The van der Waals surface area contributed by atoms with Gasteiger partial charge in [-0.1, -0.05) is 0 Å². The highest BCUT2D eigenvalue weighted by atomic mass is 32.2. The number of esters is 2. The number of nitrogens with zero attached hydrogens (tertiary/aromatic N) is 1. The van der Waals surface area contributed by atoms with Gasteiger partial charge in [-0.3, -0.25) is 43.3 Å². The van der Waals surface area contributed by atoms with Gasteiger partial charge in [-0.05, 0) is 126 Å². The van der Waals surface area contributed by atoms with Crippen molar-refractivity contribution >= 4 is 63.4 Å². The van der Waals surface area contributed by atoms with Crippen molar-refractivity contribution in [2.24, 2.45) is 16.5 Å². The summed E-state index contributed by atoms with van der Waals surface area (Å²) >= 11 is 0. The average Bonchev–Trinajstić information content (AvgIpc) is 3.51. The molecule has 382 valence electrons. The number of ether oxygens (including phenoxy) is 3. The summed E-state index contributed by atoms with van der Waals surface area (Å²) in [7, 11) is -4.25. The topological polar surface area (TPSA) is 355 Å². The average molecular weight is 982 g/mol. The van der Waals surface area contributed by atoms with Crippen LogP contribution in [0.15, 0.2) is 9.89 Å². The van der Waals surface area contributed by atoms with Crippen molar-refractivity contribution in [1.29, 1.82) is 0 Å². The fourth-order valence-electron chi connectivity index (χ4n) is 6.78. The zero-order valence-electron chi connectivity index (χ0n) is 41.5. The highest BCUT2D eigenvalue weighted by Crippen LogP contribution is 2.43. The normalized spacial score (nSPS) is 16.2. The molecular formula is C44H71N9O14S. The van der Waals surface area contributed by atoms with Crippen molar-refractivity contribution < 1.29 is 66.1 Å². The van der Waals surface area contributed by atoms with Gasteiger partial charge in [-0.2, -0.15) is 0 Å². The van der Waals surface area contributed by atoms with Crippen LogP contribution in [0.3, 0.4) is 0 Å². The number of sulfonamides is 1. The zero-order valence-corrected chi connectivity index (χ0v) is 42.3. The number of aliphatic carboxylic acids is 1. The molecular weight excluding hydrogens is 911 g/mol. The van der Waals surface area contributed by atoms with Crippen LogP contribution in [0.1, 0.15) is 124 Å². The van der Waals surface area contributed by atoms with Crippen LogP contribution >= 0.6 is 0 Å². The van der Waals surface area contributed by atoms with Crippen LogP contribution in [0.4, 0.5) is 0 Å². The van der Waals surface area contributed by atoms with E-state index in [0.717, 1.165) is 5.56 Å². The quantitative estimate of drug-likeness (QED) is 0.0340. The van der Waals surface area contributed by atoms with Gasteiger partial charge >= 0.3 is 17.9 Å². The lowest BCUT2D eigenvalue weighted by atomic mass is 9.94. The van der Waals surface area contributed by atoms with Crippen LogP contribution in [-0.2, 0) is 64.3 Å². The van der Waals surface area contributed by atoms with E-state index in [4.69, 9.17) is 25.7 Å². The number of nitrogens with one attached hydrogen (secondary N) is 6. The van der Waals surface area contributed by atoms with E-state index in [-0.39, 0.29) is 24.3 Å². The predicted molar refractivity (Wildman–Crippen MR) is 248 cm³/mol. The standard InChI is InChI=1S/C44H71N9O14S/c1-21-22(2)34(23(3)27-20-44(13,14)67-33(21)27)68(63,64)53-41(46)47-17-15-16-29(51-35(56)24(4)48-37(58)28(45)18-31(54)65-42(7,8)9)38(59)49-25(5)36(57)52-30(19-32(55)66-43(10,11)12)39(60)50-26(6)40(61)62/h24-26,28-30H,15-20,45H2,1-14H3,(H,48,58)(H,49,59)(H,50,60)(H,51,56)(H,52,57)(H,61,62)(H3,46,47,53)/t24-,25-,26-,28-,29-,30-/m0/s1. The second kappa shape index (κ2) is 23.3. The molecule has 0 aromatic heterocycles. The molecule has 0 aliphatic carbocycles. The van der Waals surface area contributed by atoms with Crippen LogP contribution in [0.2, 0.25) is 0 Å². The number of carboxylic acid groups (broad SMARTS) is 1. The first kappa shape index (κ1) is 58.1. The monoisotopic (exact) mass is 981 g/mol. The summed E-state index contributed by atoms with van der Waals surface area (Å²) < 4.78 is 46.3. The molecule has 0 fully saturated rings. The van der Waals surface area contributed by atoms with E-state index in [1.54, 1.807) is 62.3 Å². The first-order valence-corrected chi connectivity index (χ1v) is 23.5. The van der Waals surface area contributed by atoms with Gasteiger partial charge < -0.3 is 57.4 Å². The number of hydrogen-bond acceptors (Lipinski definition) is 15. The minimum atomic E-state index is -4.25. The van der Waals surface area contributed by atoms with Crippen LogP contribution in [-0.4, -0.2) is 127 Å². The van der Waals surface area contributed by atoms with E-state index in [0.29, 0.717) is 28.9 Å². The Kier molecular flexibility index (Phi) is 19.9. The summed E-state index contributed by atoms with van der Waals surface area (Å²) in [5.41, 5.74) is 12.0. The number of nitrogens with two attached hydrogens (primary N) is 2. The van der Waals surface area contributed by atoms with Crippen LogP contribution in [0.5, 0.6) is 5.75 Å². The Bertz CT molecular complexity index is 2250. The third kappa shape index (κ3) is 17.9. The van der Waals surface area contributed by atoms with Crippen molar-refractivity contribution in [3.63, 3.8) is 0 Å². The lowest BCUT2D eigenvalue weighted by molar-refractivity contribution is -0.157. The van der Waals surface area contributed by atoms with E-state index in [2.05, 4.69) is 36.3 Å². The molecule has 0 bridgehead atoms. The number of rotatable bonds is 21. The second-order valence-electron chi connectivity index (χ2n) is 19.4. The Morgan fingerprint density at radius 2 is 1.19 bits per heavy atom. The molecule has 0 spiro atoms. The van der Waals surface area contributed by atoms with Gasteiger partial charge in [0.05, 0.1) is 23.8 Å². The largest absolute Gasteiger partial charge is 0.487 e. The Morgan fingerprint density at radius 3 is 1.71 bits per heavy atom. The van der Waals surface area contributed by atoms with E-state index in [1.807, 2.05) is 13.8 Å².